The molecule has 1 N–H and O–H groups in total. The van der Waals surface area contributed by atoms with E-state index in [9.17, 15) is 18.0 Å². The van der Waals surface area contributed by atoms with Crippen LogP contribution in [0.5, 0.6) is 5.75 Å². The Kier molecular flexibility index (Phi) is 9.49. The number of rotatable bonds is 10. The van der Waals surface area contributed by atoms with E-state index in [2.05, 4.69) is 5.32 Å². The first-order chi connectivity index (χ1) is 17.0. The Balaban J connectivity index is 1.92. The first-order valence-corrected chi connectivity index (χ1v) is 14.3. The number of benzene rings is 2. The molecule has 0 radical (unpaired) electrons. The van der Waals surface area contributed by atoms with E-state index in [0.717, 1.165) is 41.8 Å². The van der Waals surface area contributed by atoms with Gasteiger partial charge < -0.3 is 15.0 Å². The Labute approximate surface area is 222 Å². The summed E-state index contributed by atoms with van der Waals surface area (Å²) >= 11 is 12.4. The number of hydrogen-bond acceptors (Lipinski definition) is 5. The van der Waals surface area contributed by atoms with Gasteiger partial charge in [-0.25, -0.2) is 8.42 Å². The lowest BCUT2D eigenvalue weighted by atomic mass is 10.1. The molecule has 0 unspecified atom stereocenters. The molecule has 11 heteroatoms. The van der Waals surface area contributed by atoms with Gasteiger partial charge in [-0.1, -0.05) is 54.2 Å². The molecule has 36 heavy (non-hydrogen) atoms. The fourth-order valence-corrected chi connectivity index (χ4v) is 5.52. The van der Waals surface area contributed by atoms with Gasteiger partial charge >= 0.3 is 0 Å². The van der Waals surface area contributed by atoms with Crippen molar-refractivity contribution in [2.75, 3.05) is 24.2 Å². The van der Waals surface area contributed by atoms with Crippen molar-refractivity contribution in [2.24, 2.45) is 0 Å². The third-order valence-corrected chi connectivity index (χ3v) is 8.17. The van der Waals surface area contributed by atoms with E-state index < -0.39 is 28.5 Å². The van der Waals surface area contributed by atoms with Crippen molar-refractivity contribution in [2.45, 2.75) is 51.2 Å². The minimum absolute atomic E-state index is 0.0174. The van der Waals surface area contributed by atoms with Crippen molar-refractivity contribution in [3.8, 4) is 5.75 Å². The van der Waals surface area contributed by atoms with E-state index in [1.165, 1.54) is 17.0 Å². The molecule has 0 saturated heterocycles. The molecule has 1 saturated carbocycles. The van der Waals surface area contributed by atoms with Crippen molar-refractivity contribution in [1.82, 2.24) is 10.2 Å². The molecule has 0 spiro atoms. The SMILES string of the molecule is COc1cccc(CN(C(=O)CN(c2cccc(Cl)c2Cl)S(C)(=O)=O)[C@H](C)C(=O)NC2CCCC2)c1. The third-order valence-electron chi connectivity index (χ3n) is 6.24. The lowest BCUT2D eigenvalue weighted by Crippen LogP contribution is -2.52. The highest BCUT2D eigenvalue weighted by molar-refractivity contribution is 7.92. The normalized spacial score (nSPS) is 14.8. The van der Waals surface area contributed by atoms with E-state index in [1.807, 2.05) is 6.07 Å². The van der Waals surface area contributed by atoms with Gasteiger partial charge in [-0.15, -0.1) is 0 Å². The maximum Gasteiger partial charge on any atom is 0.244 e. The highest BCUT2D eigenvalue weighted by Crippen LogP contribution is 2.33. The largest absolute Gasteiger partial charge is 0.497 e. The summed E-state index contributed by atoms with van der Waals surface area (Å²) in [6.07, 6.45) is 4.89. The van der Waals surface area contributed by atoms with Crippen LogP contribution in [-0.2, 0) is 26.2 Å². The van der Waals surface area contributed by atoms with Crippen molar-refractivity contribution in [1.29, 1.82) is 0 Å². The number of halogens is 2. The Hall–Kier alpha value is -2.49. The van der Waals surface area contributed by atoms with Crippen molar-refractivity contribution >= 4 is 50.7 Å². The summed E-state index contributed by atoms with van der Waals surface area (Å²) in [6.45, 7) is 1.17. The Morgan fingerprint density at radius 3 is 2.44 bits per heavy atom. The molecule has 8 nitrogen and oxygen atoms in total. The maximum atomic E-state index is 13.6. The minimum Gasteiger partial charge on any atom is -0.497 e. The van der Waals surface area contributed by atoms with Crippen LogP contribution in [0.1, 0.15) is 38.2 Å². The zero-order chi connectivity index (χ0) is 26.5. The van der Waals surface area contributed by atoms with Crippen molar-refractivity contribution in [3.05, 3.63) is 58.1 Å². The molecule has 1 aliphatic rings. The van der Waals surface area contributed by atoms with Gasteiger partial charge in [0.25, 0.3) is 0 Å². The van der Waals surface area contributed by atoms with Gasteiger partial charge in [0, 0.05) is 12.6 Å². The van der Waals surface area contributed by atoms with E-state index in [-0.39, 0.29) is 34.2 Å². The van der Waals surface area contributed by atoms with E-state index >= 15 is 0 Å². The quantitative estimate of drug-likeness (QED) is 0.472. The summed E-state index contributed by atoms with van der Waals surface area (Å²) in [5, 5.41) is 3.20. The fourth-order valence-electron chi connectivity index (χ4n) is 4.22. The van der Waals surface area contributed by atoms with Gasteiger partial charge in [0.15, 0.2) is 0 Å². The minimum atomic E-state index is -3.91. The van der Waals surface area contributed by atoms with Crippen LogP contribution in [-0.4, -0.2) is 57.1 Å². The third kappa shape index (κ3) is 7.05. The number of carbonyl (C=O) groups excluding carboxylic acids is 2. The van der Waals surface area contributed by atoms with Crippen LogP contribution in [0.15, 0.2) is 42.5 Å². The summed E-state index contributed by atoms with van der Waals surface area (Å²) in [6, 6.07) is 10.9. The van der Waals surface area contributed by atoms with E-state index in [0.29, 0.717) is 5.75 Å². The molecule has 1 aliphatic carbocycles. The van der Waals surface area contributed by atoms with E-state index in [4.69, 9.17) is 27.9 Å². The number of ether oxygens (including phenoxy) is 1. The van der Waals surface area contributed by atoms with Crippen LogP contribution < -0.4 is 14.4 Å². The first-order valence-electron chi connectivity index (χ1n) is 11.7. The van der Waals surface area contributed by atoms with Crippen LogP contribution >= 0.6 is 23.2 Å². The molecule has 1 fully saturated rings. The average molecular weight is 557 g/mol. The number of hydrogen-bond donors (Lipinski definition) is 1. The van der Waals surface area contributed by atoms with Gasteiger partial charge in [-0.3, -0.25) is 13.9 Å². The zero-order valence-corrected chi connectivity index (χ0v) is 22.9. The van der Waals surface area contributed by atoms with Crippen LogP contribution in [0.3, 0.4) is 0 Å². The van der Waals surface area contributed by atoms with Gasteiger partial charge in [-0.2, -0.15) is 0 Å². The number of sulfonamides is 1. The number of carbonyl (C=O) groups is 2. The first kappa shape index (κ1) is 28.1. The molecule has 0 aromatic heterocycles. The smallest absolute Gasteiger partial charge is 0.244 e. The second kappa shape index (κ2) is 12.2. The second-order valence-electron chi connectivity index (χ2n) is 8.88. The molecule has 0 bridgehead atoms. The molecule has 1 atom stereocenters. The molecular weight excluding hydrogens is 525 g/mol. The Bertz CT molecular complexity index is 1200. The summed E-state index contributed by atoms with van der Waals surface area (Å²) in [5.41, 5.74) is 0.819. The molecular formula is C25H31Cl2N3O5S. The maximum absolute atomic E-state index is 13.6. The number of anilines is 1. The number of nitrogens with one attached hydrogen (secondary N) is 1. The van der Waals surface area contributed by atoms with Crippen LogP contribution in [0, 0.1) is 0 Å². The molecule has 196 valence electrons. The molecule has 2 aromatic carbocycles. The summed E-state index contributed by atoms with van der Waals surface area (Å²) in [5.74, 6) is -0.246. The second-order valence-corrected chi connectivity index (χ2v) is 11.6. The molecule has 3 rings (SSSR count). The number of nitrogens with zero attached hydrogens (tertiary/aromatic N) is 2. The Morgan fingerprint density at radius 2 is 1.81 bits per heavy atom. The fraction of sp³-hybridized carbons (Fsp3) is 0.440. The topological polar surface area (TPSA) is 96.0 Å². The van der Waals surface area contributed by atoms with Gasteiger partial charge in [0.2, 0.25) is 21.8 Å². The van der Waals surface area contributed by atoms with Gasteiger partial charge in [-0.05, 0) is 49.6 Å². The van der Waals surface area contributed by atoms with Gasteiger partial charge in [0.05, 0.1) is 29.1 Å². The average Bonchev–Trinajstić information content (AvgIpc) is 3.35. The molecule has 2 aromatic rings. The monoisotopic (exact) mass is 555 g/mol. The summed E-state index contributed by atoms with van der Waals surface area (Å²) < 4.78 is 31.6. The summed E-state index contributed by atoms with van der Waals surface area (Å²) in [7, 11) is -2.37. The summed E-state index contributed by atoms with van der Waals surface area (Å²) in [4.78, 5) is 28.1. The predicted octanol–water partition coefficient (Wildman–Crippen LogP) is 4.24. The highest BCUT2D eigenvalue weighted by atomic mass is 35.5. The number of methoxy groups -OCH3 is 1. The van der Waals surface area contributed by atoms with Crippen LogP contribution in [0.4, 0.5) is 5.69 Å². The van der Waals surface area contributed by atoms with Crippen LogP contribution in [0.2, 0.25) is 10.0 Å². The lowest BCUT2D eigenvalue weighted by molar-refractivity contribution is -0.139. The molecule has 0 aliphatic heterocycles. The Morgan fingerprint density at radius 1 is 1.14 bits per heavy atom. The predicted molar refractivity (Wildman–Crippen MR) is 142 cm³/mol. The molecule has 2 amide bonds. The van der Waals surface area contributed by atoms with Crippen LogP contribution in [0.25, 0.3) is 0 Å². The van der Waals surface area contributed by atoms with Gasteiger partial charge in [0.1, 0.15) is 18.3 Å². The molecule has 0 heterocycles. The lowest BCUT2D eigenvalue weighted by Gasteiger charge is -2.32. The standard InChI is InChI=1S/C25H31Cl2N3O5S/c1-17(25(32)28-19-9-4-5-10-19)29(15-18-8-6-11-20(14-18)35-2)23(31)16-30(36(3,33)34)22-13-7-12-21(26)24(22)27/h6-8,11-14,17,19H,4-5,9-10,15-16H2,1-3H3,(H,28,32)/t17-/m1/s1. The zero-order valence-electron chi connectivity index (χ0n) is 20.5. The number of amides is 2. The highest BCUT2D eigenvalue weighted by Gasteiger charge is 2.32. The van der Waals surface area contributed by atoms with E-state index in [1.54, 1.807) is 38.3 Å². The van der Waals surface area contributed by atoms with Crippen molar-refractivity contribution < 1.29 is 22.7 Å². The van der Waals surface area contributed by atoms with Crippen molar-refractivity contribution in [3.63, 3.8) is 0 Å².